The Bertz CT molecular complexity index is 1280. The molecule has 1 amide bonds. The Hall–Kier alpha value is -2.88. The molecule has 1 aliphatic heterocycles. The molecule has 2 N–H and O–H groups in total. The van der Waals surface area contributed by atoms with E-state index in [-0.39, 0.29) is 11.7 Å². The first kappa shape index (κ1) is 22.9. The van der Waals surface area contributed by atoms with E-state index in [9.17, 15) is 14.3 Å². The number of anilines is 1. The van der Waals surface area contributed by atoms with E-state index >= 15 is 0 Å². The molecule has 1 aliphatic rings. The Morgan fingerprint density at radius 3 is 2.68 bits per heavy atom. The van der Waals surface area contributed by atoms with Crippen LogP contribution >= 0.6 is 23.3 Å². The smallest absolute Gasteiger partial charge is 0.245 e. The average Bonchev–Trinajstić information content (AvgIpc) is 3.53. The van der Waals surface area contributed by atoms with Crippen molar-refractivity contribution in [3.63, 3.8) is 0 Å². The molecule has 176 valence electrons. The number of benzene rings is 2. The number of carbonyl (C=O) groups excluding carboxylic acids is 1. The van der Waals surface area contributed by atoms with Crippen molar-refractivity contribution in [2.24, 2.45) is 0 Å². The molecule has 0 saturated carbocycles. The van der Waals surface area contributed by atoms with Crippen LogP contribution in [0.5, 0.6) is 0 Å². The summed E-state index contributed by atoms with van der Waals surface area (Å²) < 4.78 is 19.1. The fourth-order valence-corrected chi connectivity index (χ4v) is 5.69. The van der Waals surface area contributed by atoms with Crippen LogP contribution in [0.15, 0.2) is 71.2 Å². The van der Waals surface area contributed by atoms with E-state index in [2.05, 4.69) is 9.71 Å². The summed E-state index contributed by atoms with van der Waals surface area (Å²) in [6.07, 6.45) is 4.46. The molecule has 2 aromatic carbocycles. The van der Waals surface area contributed by atoms with Gasteiger partial charge in [0.25, 0.3) is 0 Å². The van der Waals surface area contributed by atoms with Crippen molar-refractivity contribution < 1.29 is 14.3 Å². The van der Waals surface area contributed by atoms with Crippen molar-refractivity contribution >= 4 is 45.2 Å². The van der Waals surface area contributed by atoms with Crippen LogP contribution in [0.3, 0.4) is 0 Å². The minimum atomic E-state index is -0.963. The molecular weight excluding hydrogens is 471 g/mol. The van der Waals surface area contributed by atoms with Crippen LogP contribution in [0.4, 0.5) is 9.52 Å². The molecule has 9 heteroatoms. The van der Waals surface area contributed by atoms with E-state index in [1.165, 1.54) is 29.4 Å². The van der Waals surface area contributed by atoms with Gasteiger partial charge in [0.15, 0.2) is 5.13 Å². The average molecular weight is 497 g/mol. The number of nitrogens with one attached hydrogen (secondary N) is 1. The second-order valence-electron chi connectivity index (χ2n) is 8.49. The first-order valence-corrected chi connectivity index (χ1v) is 12.8. The third-order valence-corrected chi connectivity index (χ3v) is 8.09. The largest absolute Gasteiger partial charge is 0.385 e. The van der Waals surface area contributed by atoms with Gasteiger partial charge in [-0.3, -0.25) is 4.79 Å². The molecule has 4 aromatic rings. The Labute approximate surface area is 205 Å². The highest BCUT2D eigenvalue weighted by molar-refractivity contribution is 8.00. The first-order valence-electron chi connectivity index (χ1n) is 11.1. The predicted octanol–water partition coefficient (Wildman–Crippen LogP) is 5.43. The van der Waals surface area contributed by atoms with Crippen LogP contribution < -0.4 is 4.72 Å². The number of hydrogen-bond acceptors (Lipinski definition) is 6. The number of aliphatic hydroxyl groups is 1. The topological polar surface area (TPSA) is 70.4 Å². The van der Waals surface area contributed by atoms with Crippen LogP contribution in [0.2, 0.25) is 0 Å². The van der Waals surface area contributed by atoms with Gasteiger partial charge in [0.2, 0.25) is 5.91 Å². The molecule has 1 saturated heterocycles. The lowest BCUT2D eigenvalue weighted by Gasteiger charge is -2.39. The number of hydrogen-bond donors (Lipinski definition) is 2. The van der Waals surface area contributed by atoms with Crippen molar-refractivity contribution in [1.82, 2.24) is 14.5 Å². The van der Waals surface area contributed by atoms with Gasteiger partial charge in [-0.15, -0.1) is 11.3 Å². The number of nitrogens with zero attached hydrogens (tertiary/aromatic N) is 3. The van der Waals surface area contributed by atoms with E-state index in [0.717, 1.165) is 15.6 Å². The lowest BCUT2D eigenvalue weighted by atomic mass is 9.84. The summed E-state index contributed by atoms with van der Waals surface area (Å²) in [6, 6.07) is 14.0. The molecule has 0 aliphatic carbocycles. The fourth-order valence-electron chi connectivity index (χ4n) is 4.47. The molecule has 2 aromatic heterocycles. The maximum atomic E-state index is 14.1. The number of carbonyl (C=O) groups is 1. The maximum absolute atomic E-state index is 14.1. The number of amides is 1. The van der Waals surface area contributed by atoms with Crippen LogP contribution in [-0.2, 0) is 10.4 Å². The van der Waals surface area contributed by atoms with Gasteiger partial charge < -0.3 is 19.3 Å². The van der Waals surface area contributed by atoms with Crippen molar-refractivity contribution in [2.75, 3.05) is 17.8 Å². The summed E-state index contributed by atoms with van der Waals surface area (Å²) in [5.74, 6) is -0.314. The summed E-state index contributed by atoms with van der Waals surface area (Å²) in [7, 11) is 0. The fraction of sp³-hybridized carbons (Fsp3) is 0.280. The Morgan fingerprint density at radius 2 is 1.97 bits per heavy atom. The van der Waals surface area contributed by atoms with Gasteiger partial charge in [0, 0.05) is 41.1 Å². The van der Waals surface area contributed by atoms with E-state index in [0.29, 0.717) is 36.8 Å². The molecule has 1 atom stereocenters. The summed E-state index contributed by atoms with van der Waals surface area (Å²) >= 11 is 3.02. The first-order chi connectivity index (χ1) is 16.4. The van der Waals surface area contributed by atoms with E-state index in [1.54, 1.807) is 29.4 Å². The summed E-state index contributed by atoms with van der Waals surface area (Å²) in [4.78, 5) is 20.2. The van der Waals surface area contributed by atoms with E-state index < -0.39 is 11.6 Å². The maximum Gasteiger partial charge on any atom is 0.245 e. The molecule has 0 unspecified atom stereocenters. The normalized spacial score (nSPS) is 16.5. The van der Waals surface area contributed by atoms with Crippen molar-refractivity contribution in [3.05, 3.63) is 77.7 Å². The minimum Gasteiger partial charge on any atom is -0.385 e. The van der Waals surface area contributed by atoms with Gasteiger partial charge in [-0.1, -0.05) is 18.2 Å². The standard InChI is InChI=1S/C25H25FN4O2S2/c1-17(30-13-9-20-21(26)3-2-4-22(20)30)23(31)29-14-10-25(32,11-15-29)18-5-7-19(8-6-18)34-28-24-27-12-16-33-24/h2-9,12-13,16-17,32H,10-11,14-15H2,1H3,(H,27,28)/t17-/m0/s1. The third-order valence-electron chi connectivity index (χ3n) is 6.47. The number of fused-ring (bicyclic) bond motifs is 1. The number of halogens is 1. The molecule has 1 fully saturated rings. The van der Waals surface area contributed by atoms with Crippen LogP contribution in [-0.4, -0.2) is 38.6 Å². The number of aromatic nitrogens is 2. The molecule has 5 rings (SSSR count). The van der Waals surface area contributed by atoms with Crippen LogP contribution in [0, 0.1) is 5.82 Å². The van der Waals surface area contributed by atoms with Gasteiger partial charge in [-0.05, 0) is 67.6 Å². The van der Waals surface area contributed by atoms with Crippen molar-refractivity contribution in [1.29, 1.82) is 0 Å². The Balaban J connectivity index is 1.22. The van der Waals surface area contributed by atoms with Gasteiger partial charge >= 0.3 is 0 Å². The lowest BCUT2D eigenvalue weighted by Crippen LogP contribution is -2.47. The highest BCUT2D eigenvalue weighted by Crippen LogP contribution is 2.35. The lowest BCUT2D eigenvalue weighted by molar-refractivity contribution is -0.138. The molecule has 0 radical (unpaired) electrons. The zero-order chi connectivity index (χ0) is 23.7. The molecule has 0 spiro atoms. The summed E-state index contributed by atoms with van der Waals surface area (Å²) in [5.41, 5.74) is 0.602. The number of rotatable bonds is 6. The van der Waals surface area contributed by atoms with E-state index in [4.69, 9.17) is 0 Å². The minimum absolute atomic E-state index is 0.0242. The summed E-state index contributed by atoms with van der Waals surface area (Å²) in [6.45, 7) is 2.77. The Kier molecular flexibility index (Phi) is 6.33. The number of likely N-dealkylation sites (tertiary alicyclic amines) is 1. The van der Waals surface area contributed by atoms with Crippen molar-refractivity contribution in [3.8, 4) is 0 Å². The zero-order valence-corrected chi connectivity index (χ0v) is 20.3. The van der Waals surface area contributed by atoms with Gasteiger partial charge in [-0.25, -0.2) is 9.37 Å². The predicted molar refractivity (Wildman–Crippen MR) is 134 cm³/mol. The molecule has 3 heterocycles. The quantitative estimate of drug-likeness (QED) is 0.349. The van der Waals surface area contributed by atoms with Gasteiger partial charge in [0.05, 0.1) is 11.1 Å². The third kappa shape index (κ3) is 4.43. The molecular formula is C25H25FN4O2S2. The second-order valence-corrected chi connectivity index (χ2v) is 10.3. The highest BCUT2D eigenvalue weighted by Gasteiger charge is 2.36. The number of piperidine rings is 1. The summed E-state index contributed by atoms with van der Waals surface area (Å²) in [5, 5.41) is 14.6. The molecule has 0 bridgehead atoms. The van der Waals surface area contributed by atoms with Gasteiger partial charge in [0.1, 0.15) is 11.9 Å². The molecule has 34 heavy (non-hydrogen) atoms. The highest BCUT2D eigenvalue weighted by atomic mass is 32.2. The number of thiazole rings is 1. The SMILES string of the molecule is C[C@@H](C(=O)N1CCC(O)(c2ccc(SNc3nccs3)cc2)CC1)n1ccc2c(F)cccc21. The zero-order valence-electron chi connectivity index (χ0n) is 18.6. The van der Waals surface area contributed by atoms with Crippen molar-refractivity contribution in [2.45, 2.75) is 36.3 Å². The monoisotopic (exact) mass is 496 g/mol. The van der Waals surface area contributed by atoms with E-state index in [1.807, 2.05) is 47.2 Å². The van der Waals surface area contributed by atoms with Crippen LogP contribution in [0.1, 0.15) is 31.4 Å². The molecule has 6 nitrogen and oxygen atoms in total. The van der Waals surface area contributed by atoms with Gasteiger partial charge in [-0.2, -0.15) is 0 Å². The Morgan fingerprint density at radius 1 is 1.21 bits per heavy atom. The second kappa shape index (κ2) is 9.40. The van der Waals surface area contributed by atoms with Crippen LogP contribution in [0.25, 0.3) is 10.9 Å².